The Kier molecular flexibility index (Phi) is 3.19. The van der Waals surface area contributed by atoms with Crippen molar-refractivity contribution in [2.75, 3.05) is 0 Å². The van der Waals surface area contributed by atoms with E-state index in [1.165, 1.54) is 0 Å². The van der Waals surface area contributed by atoms with Gasteiger partial charge in [-0.3, -0.25) is 4.79 Å². The summed E-state index contributed by atoms with van der Waals surface area (Å²) < 4.78 is 4.11. The van der Waals surface area contributed by atoms with Gasteiger partial charge < -0.3 is 9.13 Å². The molecule has 0 radical (unpaired) electrons. The number of rotatable bonds is 4. The lowest BCUT2D eigenvalue weighted by Crippen LogP contribution is -2.08. The maximum Gasteiger partial charge on any atom is 0.181 e. The molecule has 2 aromatic rings. The van der Waals surface area contributed by atoms with Gasteiger partial charge in [0.1, 0.15) is 0 Å². The van der Waals surface area contributed by atoms with Crippen LogP contribution >= 0.6 is 0 Å². The van der Waals surface area contributed by atoms with E-state index in [1.807, 2.05) is 17.1 Å². The van der Waals surface area contributed by atoms with Crippen molar-refractivity contribution in [1.82, 2.24) is 14.1 Å². The van der Waals surface area contributed by atoms with Crippen LogP contribution in [0.4, 0.5) is 0 Å². The lowest BCUT2D eigenvalue weighted by Gasteiger charge is -2.08. The van der Waals surface area contributed by atoms with Gasteiger partial charge in [0.15, 0.2) is 5.43 Å². The molecule has 2 heterocycles. The Morgan fingerprint density at radius 3 is 2.75 bits per heavy atom. The van der Waals surface area contributed by atoms with Crippen molar-refractivity contribution in [3.8, 4) is 0 Å². The molecule has 4 nitrogen and oxygen atoms in total. The highest BCUT2D eigenvalue weighted by atomic mass is 16.1. The highest BCUT2D eigenvalue weighted by Crippen LogP contribution is 2.03. The Balaban J connectivity index is 2.16. The third kappa shape index (κ3) is 2.39. The number of pyridine rings is 1. The third-order valence-corrected chi connectivity index (χ3v) is 2.47. The number of nitrogens with zero attached hydrogens (tertiary/aromatic N) is 3. The fourth-order valence-electron chi connectivity index (χ4n) is 1.66. The molecule has 16 heavy (non-hydrogen) atoms. The Hall–Kier alpha value is -1.84. The van der Waals surface area contributed by atoms with E-state index < -0.39 is 0 Å². The average molecular weight is 217 g/mol. The summed E-state index contributed by atoms with van der Waals surface area (Å²) in [6, 6.07) is 3.14. The molecule has 0 fully saturated rings. The normalized spacial score (nSPS) is 10.6. The van der Waals surface area contributed by atoms with Crippen LogP contribution in [0.25, 0.3) is 0 Å². The summed E-state index contributed by atoms with van der Waals surface area (Å²) in [6.45, 7) is 3.87. The number of imidazole rings is 1. The summed E-state index contributed by atoms with van der Waals surface area (Å²) in [5.41, 5.74) is 1.20. The van der Waals surface area contributed by atoms with Gasteiger partial charge in [-0.05, 0) is 6.42 Å². The largest absolute Gasteiger partial charge is 0.348 e. The van der Waals surface area contributed by atoms with Crippen molar-refractivity contribution < 1.29 is 0 Å². The lowest BCUT2D eigenvalue weighted by atomic mass is 10.4. The van der Waals surface area contributed by atoms with Crippen LogP contribution in [0.3, 0.4) is 0 Å². The van der Waals surface area contributed by atoms with Crippen molar-refractivity contribution >= 4 is 0 Å². The number of hydrogen-bond donors (Lipinski definition) is 0. The molecular formula is C12H15N3O. The van der Waals surface area contributed by atoms with Gasteiger partial charge in [-0.1, -0.05) is 6.92 Å². The second kappa shape index (κ2) is 4.79. The van der Waals surface area contributed by atoms with Crippen LogP contribution in [0.1, 0.15) is 19.0 Å². The first-order valence-electron chi connectivity index (χ1n) is 5.44. The first kappa shape index (κ1) is 10.7. The minimum Gasteiger partial charge on any atom is -0.348 e. The summed E-state index contributed by atoms with van der Waals surface area (Å²) in [5, 5.41) is 0. The topological polar surface area (TPSA) is 39.8 Å². The van der Waals surface area contributed by atoms with E-state index in [4.69, 9.17) is 0 Å². The molecule has 0 aromatic carbocycles. The standard InChI is InChI=1S/C12H15N3O/c1-2-5-15-10-13-8-11(15)9-14-6-3-12(16)4-7-14/h3-4,6-8,10H,2,5,9H2,1H3. The Bertz CT molecular complexity index is 492. The van der Waals surface area contributed by atoms with Crippen LogP contribution in [0, 0.1) is 0 Å². The number of aromatic nitrogens is 3. The van der Waals surface area contributed by atoms with Crippen LogP contribution in [0.5, 0.6) is 0 Å². The molecule has 0 unspecified atom stereocenters. The Morgan fingerprint density at radius 1 is 1.31 bits per heavy atom. The molecule has 0 aliphatic carbocycles. The molecule has 0 saturated carbocycles. The van der Waals surface area contributed by atoms with Gasteiger partial charge in [0.2, 0.25) is 0 Å². The van der Waals surface area contributed by atoms with Gasteiger partial charge in [0.25, 0.3) is 0 Å². The minimum atomic E-state index is 0.0401. The zero-order valence-corrected chi connectivity index (χ0v) is 9.34. The lowest BCUT2D eigenvalue weighted by molar-refractivity contribution is 0.622. The molecular weight excluding hydrogens is 202 g/mol. The van der Waals surface area contributed by atoms with Crippen molar-refractivity contribution in [2.24, 2.45) is 0 Å². The maximum absolute atomic E-state index is 11.0. The fourth-order valence-corrected chi connectivity index (χ4v) is 1.66. The average Bonchev–Trinajstić information content (AvgIpc) is 2.70. The molecule has 0 aliphatic heterocycles. The summed E-state index contributed by atoms with van der Waals surface area (Å²) in [5.74, 6) is 0. The van der Waals surface area contributed by atoms with Gasteiger partial charge in [0, 0.05) is 37.3 Å². The summed E-state index contributed by atoms with van der Waals surface area (Å²) in [4.78, 5) is 15.1. The molecule has 0 N–H and O–H groups in total. The fraction of sp³-hybridized carbons (Fsp3) is 0.333. The first-order chi connectivity index (χ1) is 7.79. The van der Waals surface area contributed by atoms with Crippen LogP contribution < -0.4 is 5.43 Å². The minimum absolute atomic E-state index is 0.0401. The smallest absolute Gasteiger partial charge is 0.181 e. The van der Waals surface area contributed by atoms with Crippen LogP contribution in [0.15, 0.2) is 41.8 Å². The van der Waals surface area contributed by atoms with Crippen LogP contribution in [0.2, 0.25) is 0 Å². The van der Waals surface area contributed by atoms with Crippen molar-refractivity contribution in [2.45, 2.75) is 26.4 Å². The molecule has 4 heteroatoms. The van der Waals surface area contributed by atoms with Crippen LogP contribution in [-0.4, -0.2) is 14.1 Å². The van der Waals surface area contributed by atoms with Gasteiger partial charge in [-0.25, -0.2) is 4.98 Å². The highest BCUT2D eigenvalue weighted by molar-refractivity contribution is 5.02. The second-order valence-corrected chi connectivity index (χ2v) is 3.78. The molecule has 0 bridgehead atoms. The van der Waals surface area contributed by atoms with Crippen molar-refractivity contribution in [3.05, 3.63) is 53.0 Å². The van der Waals surface area contributed by atoms with Crippen molar-refractivity contribution in [1.29, 1.82) is 0 Å². The maximum atomic E-state index is 11.0. The number of aryl methyl sites for hydroxylation is 1. The van der Waals surface area contributed by atoms with E-state index in [2.05, 4.69) is 16.5 Å². The monoisotopic (exact) mass is 217 g/mol. The molecule has 2 rings (SSSR count). The predicted octanol–water partition coefficient (Wildman–Crippen LogP) is 1.50. The van der Waals surface area contributed by atoms with Crippen molar-refractivity contribution in [3.63, 3.8) is 0 Å². The molecule has 84 valence electrons. The molecule has 0 atom stereocenters. The van der Waals surface area contributed by atoms with Gasteiger partial charge in [-0.2, -0.15) is 0 Å². The molecule has 0 saturated heterocycles. The number of hydrogen-bond acceptors (Lipinski definition) is 2. The SMILES string of the molecule is CCCn1cncc1Cn1ccc(=O)cc1. The van der Waals surface area contributed by atoms with Gasteiger partial charge >= 0.3 is 0 Å². The van der Waals surface area contributed by atoms with E-state index in [-0.39, 0.29) is 5.43 Å². The van der Waals surface area contributed by atoms with Gasteiger partial charge in [-0.15, -0.1) is 0 Å². The van der Waals surface area contributed by atoms with Gasteiger partial charge in [0.05, 0.1) is 18.6 Å². The third-order valence-electron chi connectivity index (χ3n) is 2.47. The van der Waals surface area contributed by atoms with E-state index in [0.717, 1.165) is 25.2 Å². The summed E-state index contributed by atoms with van der Waals surface area (Å²) >= 11 is 0. The zero-order chi connectivity index (χ0) is 11.4. The molecule has 0 aliphatic rings. The molecule has 0 amide bonds. The van der Waals surface area contributed by atoms with Crippen LogP contribution in [-0.2, 0) is 13.1 Å². The quantitative estimate of drug-likeness (QED) is 0.778. The Labute approximate surface area is 94.2 Å². The zero-order valence-electron chi connectivity index (χ0n) is 9.34. The second-order valence-electron chi connectivity index (χ2n) is 3.78. The summed E-state index contributed by atoms with van der Waals surface area (Å²) in [7, 11) is 0. The van der Waals surface area contributed by atoms with E-state index in [1.54, 1.807) is 24.5 Å². The molecule has 0 spiro atoms. The van der Waals surface area contributed by atoms with E-state index in [9.17, 15) is 4.79 Å². The summed E-state index contributed by atoms with van der Waals surface area (Å²) in [6.07, 6.45) is 8.40. The van der Waals surface area contributed by atoms with E-state index >= 15 is 0 Å². The Morgan fingerprint density at radius 2 is 2.06 bits per heavy atom. The molecule has 2 aromatic heterocycles. The van der Waals surface area contributed by atoms with E-state index in [0.29, 0.717) is 0 Å². The predicted molar refractivity (Wildman–Crippen MR) is 62.3 cm³/mol. The highest BCUT2D eigenvalue weighted by Gasteiger charge is 2.00. The first-order valence-corrected chi connectivity index (χ1v) is 5.44.